The molecule has 0 saturated heterocycles. The number of sulfone groups is 1. The molecule has 0 atom stereocenters. The van der Waals surface area contributed by atoms with Gasteiger partial charge in [0.25, 0.3) is 0 Å². The molecule has 1 aromatic carbocycles. The molecule has 0 aliphatic carbocycles. The summed E-state index contributed by atoms with van der Waals surface area (Å²) >= 11 is 1.84. The Balaban J connectivity index is 2.41. The minimum absolute atomic E-state index is 0.0778. The van der Waals surface area contributed by atoms with Gasteiger partial charge in [-0.05, 0) is 61.4 Å². The molecular formula is C26H38O3S2. The highest BCUT2D eigenvalue weighted by molar-refractivity contribution is 7.89. The molecule has 0 spiro atoms. The van der Waals surface area contributed by atoms with Crippen LogP contribution in [0.15, 0.2) is 24.3 Å². The van der Waals surface area contributed by atoms with Crippen LogP contribution in [0.4, 0.5) is 0 Å². The maximum Gasteiger partial charge on any atom is 0.151 e. The summed E-state index contributed by atoms with van der Waals surface area (Å²) in [5.41, 5.74) is 4.00. The largest absolute Gasteiger partial charge is 0.299 e. The van der Waals surface area contributed by atoms with E-state index in [4.69, 9.17) is 0 Å². The highest BCUT2D eigenvalue weighted by Gasteiger charge is 2.33. The first kappa shape index (κ1) is 25.8. The zero-order valence-electron chi connectivity index (χ0n) is 20.4. The van der Waals surface area contributed by atoms with Gasteiger partial charge in [-0.15, -0.1) is 11.3 Å². The van der Waals surface area contributed by atoms with Gasteiger partial charge in [0.1, 0.15) is 5.78 Å². The minimum Gasteiger partial charge on any atom is -0.299 e. The smallest absolute Gasteiger partial charge is 0.151 e. The molecule has 2 aromatic rings. The van der Waals surface area contributed by atoms with Gasteiger partial charge in [0, 0.05) is 33.3 Å². The van der Waals surface area contributed by atoms with Crippen molar-refractivity contribution >= 4 is 27.0 Å². The lowest BCUT2D eigenvalue weighted by atomic mass is 9.74. The lowest BCUT2D eigenvalue weighted by Gasteiger charge is -2.32. The number of carbonyl (C=O) groups excluding carboxylic acids is 1. The molecule has 1 heterocycles. The van der Waals surface area contributed by atoms with Crippen LogP contribution in [0.25, 0.3) is 0 Å². The Morgan fingerprint density at radius 2 is 1.61 bits per heavy atom. The van der Waals surface area contributed by atoms with E-state index in [2.05, 4.69) is 39.0 Å². The van der Waals surface area contributed by atoms with E-state index < -0.39 is 9.84 Å². The molecule has 0 saturated carbocycles. The van der Waals surface area contributed by atoms with Crippen molar-refractivity contribution in [3.8, 4) is 0 Å². The summed E-state index contributed by atoms with van der Waals surface area (Å²) < 4.78 is 23.5. The minimum atomic E-state index is -3.06. The number of Topliss-reactive ketones (excluding diaryl/α,β-unsaturated/α-hetero) is 1. The van der Waals surface area contributed by atoms with Gasteiger partial charge >= 0.3 is 0 Å². The molecule has 2 rings (SSSR count). The third-order valence-electron chi connectivity index (χ3n) is 6.43. The van der Waals surface area contributed by atoms with Gasteiger partial charge in [-0.1, -0.05) is 52.8 Å². The van der Waals surface area contributed by atoms with Crippen molar-refractivity contribution in [1.82, 2.24) is 0 Å². The molecule has 0 radical (unpaired) electrons. The first-order valence-electron chi connectivity index (χ1n) is 11.1. The van der Waals surface area contributed by atoms with E-state index in [-0.39, 0.29) is 16.6 Å². The van der Waals surface area contributed by atoms with E-state index in [0.717, 1.165) is 30.4 Å². The van der Waals surface area contributed by atoms with Crippen molar-refractivity contribution in [2.45, 2.75) is 85.3 Å². The van der Waals surface area contributed by atoms with Crippen LogP contribution in [-0.2, 0) is 32.2 Å². The monoisotopic (exact) mass is 462 g/mol. The quantitative estimate of drug-likeness (QED) is 0.424. The third-order valence-corrected chi connectivity index (χ3v) is 8.76. The number of rotatable bonds is 9. The van der Waals surface area contributed by atoms with Crippen molar-refractivity contribution in [3.05, 3.63) is 56.3 Å². The van der Waals surface area contributed by atoms with Crippen molar-refractivity contribution in [2.24, 2.45) is 5.41 Å². The molecular weight excluding hydrogens is 424 g/mol. The summed E-state index contributed by atoms with van der Waals surface area (Å²) in [6, 6.07) is 8.56. The molecule has 3 nitrogen and oxygen atoms in total. The van der Waals surface area contributed by atoms with Crippen LogP contribution in [0.3, 0.4) is 0 Å². The summed E-state index contributed by atoms with van der Waals surface area (Å²) in [6.07, 6.45) is 4.59. The molecule has 0 amide bonds. The van der Waals surface area contributed by atoms with E-state index in [9.17, 15) is 13.2 Å². The van der Waals surface area contributed by atoms with Crippen LogP contribution in [-0.4, -0.2) is 20.5 Å². The Hall–Kier alpha value is -1.46. The Labute approximate surface area is 193 Å². The highest BCUT2D eigenvalue weighted by Crippen LogP contribution is 2.44. The Kier molecular flexibility index (Phi) is 7.97. The number of ketones is 1. The van der Waals surface area contributed by atoms with Crippen molar-refractivity contribution in [1.29, 1.82) is 0 Å². The number of thiophene rings is 1. The number of aryl methyl sites for hydroxylation is 3. The average Bonchev–Trinajstić information content (AvgIpc) is 3.02. The van der Waals surface area contributed by atoms with Crippen molar-refractivity contribution in [3.63, 3.8) is 0 Å². The van der Waals surface area contributed by atoms with Crippen LogP contribution in [0.1, 0.15) is 85.9 Å². The average molecular weight is 463 g/mol. The number of benzene rings is 1. The van der Waals surface area contributed by atoms with Crippen LogP contribution >= 0.6 is 11.3 Å². The Morgan fingerprint density at radius 1 is 1.00 bits per heavy atom. The summed E-state index contributed by atoms with van der Waals surface area (Å²) in [7, 11) is -3.06. The van der Waals surface area contributed by atoms with Crippen LogP contribution in [0, 0.1) is 19.3 Å². The second kappa shape index (κ2) is 9.58. The molecule has 172 valence electrons. The predicted octanol–water partition coefficient (Wildman–Crippen LogP) is 6.56. The maximum absolute atomic E-state index is 12.4. The molecule has 0 bridgehead atoms. The van der Waals surface area contributed by atoms with Gasteiger partial charge in [-0.3, -0.25) is 4.79 Å². The van der Waals surface area contributed by atoms with Crippen molar-refractivity contribution in [2.75, 3.05) is 6.26 Å². The lowest BCUT2D eigenvalue weighted by Crippen LogP contribution is -2.25. The van der Waals surface area contributed by atoms with Gasteiger partial charge in [0.15, 0.2) is 9.84 Å². The first-order valence-corrected chi connectivity index (χ1v) is 14.0. The van der Waals surface area contributed by atoms with E-state index >= 15 is 0 Å². The molecule has 0 fully saturated rings. The van der Waals surface area contributed by atoms with Gasteiger partial charge in [-0.2, -0.15) is 0 Å². The molecule has 0 N–H and O–H groups in total. The Morgan fingerprint density at radius 3 is 2.10 bits per heavy atom. The molecule has 0 unspecified atom stereocenters. The van der Waals surface area contributed by atoms with Gasteiger partial charge in [-0.25, -0.2) is 8.42 Å². The zero-order valence-corrected chi connectivity index (χ0v) is 22.0. The van der Waals surface area contributed by atoms with Crippen molar-refractivity contribution < 1.29 is 13.2 Å². The fourth-order valence-electron chi connectivity index (χ4n) is 4.19. The number of carbonyl (C=O) groups is 1. The SMILES string of the molecule is CCC(CC)(c1ccc(CS(C)(=O)=O)c(C)c1)c1cc(C)c(CCC(=O)C(C)(C)C)s1. The van der Waals surface area contributed by atoms with E-state index in [1.54, 1.807) is 0 Å². The fourth-order valence-corrected chi connectivity index (χ4v) is 6.61. The number of hydrogen-bond donors (Lipinski definition) is 0. The topological polar surface area (TPSA) is 51.2 Å². The summed E-state index contributed by atoms with van der Waals surface area (Å²) in [4.78, 5) is 15.0. The third kappa shape index (κ3) is 6.07. The highest BCUT2D eigenvalue weighted by atomic mass is 32.2. The second-order valence-electron chi connectivity index (χ2n) is 9.89. The summed E-state index contributed by atoms with van der Waals surface area (Å²) in [5, 5.41) is 0. The van der Waals surface area contributed by atoms with Gasteiger partial charge in [0.05, 0.1) is 5.75 Å². The summed E-state index contributed by atoms with van der Waals surface area (Å²) in [5.74, 6) is 0.380. The summed E-state index contributed by atoms with van der Waals surface area (Å²) in [6.45, 7) is 14.5. The molecule has 0 aliphatic heterocycles. The van der Waals surface area contributed by atoms with Gasteiger partial charge < -0.3 is 0 Å². The van der Waals surface area contributed by atoms with Gasteiger partial charge in [0.2, 0.25) is 0 Å². The van der Waals surface area contributed by atoms with Crippen LogP contribution in [0.5, 0.6) is 0 Å². The zero-order chi connectivity index (χ0) is 23.6. The molecule has 1 aromatic heterocycles. The standard InChI is InChI=1S/C26H38O3S2/c1-9-26(10-2,21-12-11-20(18(3)15-21)17-31(8,28)29)24-16-19(4)22(30-24)13-14-23(27)25(5,6)7/h11-12,15-16H,9-10,13-14,17H2,1-8H3. The van der Waals surface area contributed by atoms with Crippen LogP contribution < -0.4 is 0 Å². The van der Waals surface area contributed by atoms with Crippen LogP contribution in [0.2, 0.25) is 0 Å². The number of hydrogen-bond acceptors (Lipinski definition) is 4. The van der Waals surface area contributed by atoms with E-state index in [1.807, 2.05) is 45.1 Å². The molecule has 5 heteroatoms. The molecule has 31 heavy (non-hydrogen) atoms. The fraction of sp³-hybridized carbons (Fsp3) is 0.577. The second-order valence-corrected chi connectivity index (χ2v) is 13.2. The Bertz CT molecular complexity index is 1030. The lowest BCUT2D eigenvalue weighted by molar-refractivity contribution is -0.126. The first-order chi connectivity index (χ1) is 14.2. The molecule has 0 aliphatic rings. The maximum atomic E-state index is 12.4. The van der Waals surface area contributed by atoms with E-state index in [0.29, 0.717) is 12.2 Å². The van der Waals surface area contributed by atoms with E-state index in [1.165, 1.54) is 27.1 Å². The normalized spacial score (nSPS) is 12.9. The predicted molar refractivity (Wildman–Crippen MR) is 133 cm³/mol.